The summed E-state index contributed by atoms with van der Waals surface area (Å²) in [4.78, 5) is 0. The van der Waals surface area contributed by atoms with Crippen LogP contribution in [0.3, 0.4) is 0 Å². The lowest BCUT2D eigenvalue weighted by atomic mass is 9.93. The summed E-state index contributed by atoms with van der Waals surface area (Å²) in [5.41, 5.74) is 5.34. The van der Waals surface area contributed by atoms with Crippen LogP contribution in [-0.2, 0) is 0 Å². The average Bonchev–Trinajstić information content (AvgIpc) is 2.87. The predicted molar refractivity (Wildman–Crippen MR) is 135 cm³/mol. The molecule has 6 aromatic rings. The molecule has 0 N–H and O–H groups in total. The van der Waals surface area contributed by atoms with Gasteiger partial charge in [-0.25, -0.2) is 0 Å². The lowest BCUT2D eigenvalue weighted by molar-refractivity contribution is 1.48. The first-order valence-corrected chi connectivity index (χ1v) is 10.8. The highest BCUT2D eigenvalue weighted by molar-refractivity contribution is 6.12. The Labute approximate surface area is 186 Å². The highest BCUT2D eigenvalue weighted by Crippen LogP contribution is 2.35. The molecule has 0 spiro atoms. The number of nitriles is 1. The molecule has 0 bridgehead atoms. The van der Waals surface area contributed by atoms with Gasteiger partial charge in [0.25, 0.3) is 0 Å². The summed E-state index contributed by atoms with van der Waals surface area (Å²) in [5.74, 6) is 0. The molecule has 0 aliphatic carbocycles. The second-order valence-corrected chi connectivity index (χ2v) is 8.16. The summed E-state index contributed by atoms with van der Waals surface area (Å²) in [5, 5.41) is 16.7. The maximum atomic E-state index is 9.20. The minimum Gasteiger partial charge on any atom is -0.192 e. The van der Waals surface area contributed by atoms with Gasteiger partial charge in [0, 0.05) is 0 Å². The van der Waals surface area contributed by atoms with Gasteiger partial charge in [-0.3, -0.25) is 0 Å². The maximum absolute atomic E-state index is 9.20. The molecule has 0 aliphatic rings. The quantitative estimate of drug-likeness (QED) is 0.266. The van der Waals surface area contributed by atoms with Crippen molar-refractivity contribution in [2.24, 2.45) is 0 Å². The zero-order valence-corrected chi connectivity index (χ0v) is 17.4. The lowest BCUT2D eigenvalue weighted by Crippen LogP contribution is -1.85. The Kier molecular flexibility index (Phi) is 4.23. The normalized spacial score (nSPS) is 11.1. The molecule has 1 heteroatoms. The Balaban J connectivity index is 1.48. The summed E-state index contributed by atoms with van der Waals surface area (Å²) >= 11 is 0. The van der Waals surface area contributed by atoms with Crippen LogP contribution in [0.2, 0.25) is 0 Å². The van der Waals surface area contributed by atoms with Crippen LogP contribution in [0.15, 0.2) is 115 Å². The van der Waals surface area contributed by atoms with E-state index in [1.165, 1.54) is 43.4 Å². The third kappa shape index (κ3) is 3.02. The zero-order valence-electron chi connectivity index (χ0n) is 17.4. The van der Waals surface area contributed by atoms with Crippen LogP contribution in [0.25, 0.3) is 54.6 Å². The first-order valence-electron chi connectivity index (χ1n) is 10.8. The van der Waals surface area contributed by atoms with Crippen LogP contribution in [0.4, 0.5) is 0 Å². The Morgan fingerprint density at radius 3 is 2.00 bits per heavy atom. The molecule has 148 valence electrons. The average molecular weight is 406 g/mol. The van der Waals surface area contributed by atoms with Gasteiger partial charge in [0.15, 0.2) is 0 Å². The van der Waals surface area contributed by atoms with Crippen molar-refractivity contribution in [1.82, 2.24) is 0 Å². The van der Waals surface area contributed by atoms with Crippen LogP contribution in [0.5, 0.6) is 0 Å². The SMILES string of the molecule is N#Cc1cccc(-c2ccc3cc(-c4cccc5c4ccc4ccccc45)ccc3c2)c1. The van der Waals surface area contributed by atoms with Crippen LogP contribution in [0, 0.1) is 11.3 Å². The van der Waals surface area contributed by atoms with E-state index < -0.39 is 0 Å². The molecule has 0 radical (unpaired) electrons. The summed E-state index contributed by atoms with van der Waals surface area (Å²) in [6, 6.07) is 42.8. The smallest absolute Gasteiger partial charge is 0.0991 e. The van der Waals surface area contributed by atoms with Gasteiger partial charge in [0.05, 0.1) is 11.6 Å². The van der Waals surface area contributed by atoms with Crippen molar-refractivity contribution in [3.05, 3.63) is 121 Å². The molecule has 0 unspecified atom stereocenters. The number of hydrogen-bond donors (Lipinski definition) is 0. The Hall–Kier alpha value is -4.41. The van der Waals surface area contributed by atoms with Gasteiger partial charge >= 0.3 is 0 Å². The molecule has 6 aromatic carbocycles. The number of rotatable bonds is 2. The number of benzene rings is 6. The van der Waals surface area contributed by atoms with E-state index in [1.54, 1.807) is 0 Å². The van der Waals surface area contributed by atoms with Crippen LogP contribution in [0.1, 0.15) is 5.56 Å². The third-order valence-corrected chi connectivity index (χ3v) is 6.26. The largest absolute Gasteiger partial charge is 0.192 e. The van der Waals surface area contributed by atoms with E-state index >= 15 is 0 Å². The molecule has 0 atom stereocenters. The predicted octanol–water partition coefficient (Wildman–Crippen LogP) is 8.35. The van der Waals surface area contributed by atoms with E-state index in [1.807, 2.05) is 18.2 Å². The van der Waals surface area contributed by atoms with Crippen LogP contribution < -0.4 is 0 Å². The van der Waals surface area contributed by atoms with E-state index in [2.05, 4.69) is 103 Å². The van der Waals surface area contributed by atoms with Crippen molar-refractivity contribution in [2.45, 2.75) is 0 Å². The number of fused-ring (bicyclic) bond motifs is 4. The fourth-order valence-corrected chi connectivity index (χ4v) is 4.65. The van der Waals surface area contributed by atoms with Crippen LogP contribution in [-0.4, -0.2) is 0 Å². The van der Waals surface area contributed by atoms with E-state index in [9.17, 15) is 5.26 Å². The topological polar surface area (TPSA) is 23.8 Å². The fourth-order valence-electron chi connectivity index (χ4n) is 4.65. The first kappa shape index (κ1) is 18.4. The van der Waals surface area contributed by atoms with Gasteiger partial charge in [-0.1, -0.05) is 91.0 Å². The highest BCUT2D eigenvalue weighted by atomic mass is 14.2. The fraction of sp³-hybridized carbons (Fsp3) is 0. The zero-order chi connectivity index (χ0) is 21.5. The van der Waals surface area contributed by atoms with Crippen molar-refractivity contribution in [1.29, 1.82) is 5.26 Å². The minimum atomic E-state index is 0.682. The van der Waals surface area contributed by atoms with Crippen LogP contribution >= 0.6 is 0 Å². The molecular weight excluding hydrogens is 386 g/mol. The van der Waals surface area contributed by atoms with E-state index in [-0.39, 0.29) is 0 Å². The van der Waals surface area contributed by atoms with Gasteiger partial charge in [0.2, 0.25) is 0 Å². The van der Waals surface area contributed by atoms with E-state index in [0.717, 1.165) is 11.1 Å². The van der Waals surface area contributed by atoms with Crippen molar-refractivity contribution < 1.29 is 0 Å². The second-order valence-electron chi connectivity index (χ2n) is 8.16. The van der Waals surface area contributed by atoms with E-state index in [4.69, 9.17) is 0 Å². The van der Waals surface area contributed by atoms with Crippen molar-refractivity contribution in [2.75, 3.05) is 0 Å². The molecule has 0 heterocycles. The summed E-state index contributed by atoms with van der Waals surface area (Å²) < 4.78 is 0. The molecular formula is C31H19N. The summed E-state index contributed by atoms with van der Waals surface area (Å²) in [6.07, 6.45) is 0. The van der Waals surface area contributed by atoms with Gasteiger partial charge in [-0.2, -0.15) is 5.26 Å². The van der Waals surface area contributed by atoms with Crippen molar-refractivity contribution in [3.8, 4) is 28.3 Å². The lowest BCUT2D eigenvalue weighted by Gasteiger charge is -2.11. The third-order valence-electron chi connectivity index (χ3n) is 6.26. The molecule has 0 saturated carbocycles. The molecule has 0 amide bonds. The van der Waals surface area contributed by atoms with Gasteiger partial charge in [-0.05, 0) is 78.8 Å². The maximum Gasteiger partial charge on any atom is 0.0991 e. The molecule has 32 heavy (non-hydrogen) atoms. The first-order chi connectivity index (χ1) is 15.8. The monoisotopic (exact) mass is 405 g/mol. The van der Waals surface area contributed by atoms with Gasteiger partial charge in [-0.15, -0.1) is 0 Å². The molecule has 0 fully saturated rings. The Bertz CT molecular complexity index is 1680. The molecule has 6 rings (SSSR count). The molecule has 1 nitrogen and oxygen atoms in total. The summed E-state index contributed by atoms with van der Waals surface area (Å²) in [6.45, 7) is 0. The van der Waals surface area contributed by atoms with Gasteiger partial charge in [0.1, 0.15) is 0 Å². The Morgan fingerprint density at radius 1 is 0.438 bits per heavy atom. The molecule has 0 aromatic heterocycles. The Morgan fingerprint density at radius 2 is 1.12 bits per heavy atom. The second kappa shape index (κ2) is 7.38. The van der Waals surface area contributed by atoms with E-state index in [0.29, 0.717) is 5.56 Å². The molecule has 0 aliphatic heterocycles. The van der Waals surface area contributed by atoms with Gasteiger partial charge < -0.3 is 0 Å². The standard InChI is InChI=1S/C31H19N/c32-20-21-5-3-7-23(17-21)24-11-12-26-19-27(14-13-25(26)18-24)29-9-4-10-30-28-8-2-1-6-22(28)15-16-31(29)30/h1-19H. The van der Waals surface area contributed by atoms with Crippen molar-refractivity contribution in [3.63, 3.8) is 0 Å². The number of nitrogens with zero attached hydrogens (tertiary/aromatic N) is 1. The highest BCUT2D eigenvalue weighted by Gasteiger charge is 2.08. The minimum absolute atomic E-state index is 0.682. The summed E-state index contributed by atoms with van der Waals surface area (Å²) in [7, 11) is 0. The van der Waals surface area contributed by atoms with Crippen molar-refractivity contribution >= 4 is 32.3 Å². The number of hydrogen-bond acceptors (Lipinski definition) is 1. The molecule has 0 saturated heterocycles.